The molecule has 1 aromatic rings. The maximum atomic E-state index is 13.1. The van der Waals surface area contributed by atoms with Crippen molar-refractivity contribution in [1.29, 1.82) is 0 Å². The molecule has 2 amide bonds. The summed E-state index contributed by atoms with van der Waals surface area (Å²) in [5.41, 5.74) is 0. The number of unbranched alkanes of at least 4 members (excludes halogenated alkanes) is 14. The van der Waals surface area contributed by atoms with Crippen molar-refractivity contribution in [2.45, 2.75) is 160 Å². The molecule has 0 saturated carbocycles. The SMILES string of the molecule is CCCCCCCCCCCCCCCCCC(=O)N[C@H](CSCCC)C(=O)Nc1cn([C@H]2OC(CO)C(O)C(O)C2O)nn1. The number of carbonyl (C=O) groups excluding carboxylic acids is 2. The maximum Gasteiger partial charge on any atom is 0.249 e. The monoisotopic (exact) mass is 657 g/mol. The van der Waals surface area contributed by atoms with Crippen LogP contribution in [0.4, 0.5) is 5.82 Å². The van der Waals surface area contributed by atoms with E-state index in [9.17, 15) is 30.0 Å². The molecule has 1 aliphatic rings. The molecule has 12 nitrogen and oxygen atoms in total. The van der Waals surface area contributed by atoms with Crippen molar-refractivity contribution in [3.05, 3.63) is 6.20 Å². The summed E-state index contributed by atoms with van der Waals surface area (Å²) in [6.07, 6.45) is 14.6. The van der Waals surface area contributed by atoms with Gasteiger partial charge in [0.2, 0.25) is 11.8 Å². The van der Waals surface area contributed by atoms with Crippen molar-refractivity contribution in [3.63, 3.8) is 0 Å². The van der Waals surface area contributed by atoms with Gasteiger partial charge in [-0.15, -0.1) is 5.10 Å². The van der Waals surface area contributed by atoms with E-state index in [1.165, 1.54) is 83.2 Å². The quantitative estimate of drug-likeness (QED) is 0.0840. The Morgan fingerprint density at radius 1 is 0.867 bits per heavy atom. The molecule has 0 radical (unpaired) electrons. The Morgan fingerprint density at radius 2 is 1.44 bits per heavy atom. The molecule has 0 spiro atoms. The van der Waals surface area contributed by atoms with Crippen LogP contribution in [-0.2, 0) is 14.3 Å². The summed E-state index contributed by atoms with van der Waals surface area (Å²) in [6, 6.07) is -0.761. The largest absolute Gasteiger partial charge is 0.394 e. The summed E-state index contributed by atoms with van der Waals surface area (Å²) < 4.78 is 6.59. The van der Waals surface area contributed by atoms with Gasteiger partial charge in [0.15, 0.2) is 12.0 Å². The van der Waals surface area contributed by atoms with Gasteiger partial charge in [-0.1, -0.05) is 109 Å². The van der Waals surface area contributed by atoms with Gasteiger partial charge >= 0.3 is 0 Å². The first kappa shape index (κ1) is 39.4. The number of hydrogen-bond acceptors (Lipinski definition) is 10. The minimum atomic E-state index is -1.57. The number of rotatable bonds is 25. The van der Waals surface area contributed by atoms with E-state index in [2.05, 4.69) is 34.8 Å². The van der Waals surface area contributed by atoms with Gasteiger partial charge < -0.3 is 35.8 Å². The zero-order chi connectivity index (χ0) is 32.9. The van der Waals surface area contributed by atoms with Crippen LogP contribution < -0.4 is 10.6 Å². The van der Waals surface area contributed by atoms with Crippen LogP contribution in [0.2, 0.25) is 0 Å². The van der Waals surface area contributed by atoms with Gasteiger partial charge in [-0.05, 0) is 18.6 Å². The predicted molar refractivity (Wildman–Crippen MR) is 177 cm³/mol. The van der Waals surface area contributed by atoms with E-state index < -0.39 is 49.2 Å². The Balaban J connectivity index is 1.69. The molecule has 2 heterocycles. The molecule has 2 rings (SSSR count). The Bertz CT molecular complexity index is 937. The highest BCUT2D eigenvalue weighted by atomic mass is 32.2. The van der Waals surface area contributed by atoms with Gasteiger partial charge in [0.1, 0.15) is 30.5 Å². The fourth-order valence-electron chi connectivity index (χ4n) is 5.42. The zero-order valence-electron chi connectivity index (χ0n) is 27.4. The maximum absolute atomic E-state index is 13.1. The third kappa shape index (κ3) is 15.1. The molecule has 13 heteroatoms. The van der Waals surface area contributed by atoms with Crippen molar-refractivity contribution in [3.8, 4) is 0 Å². The molecule has 1 saturated heterocycles. The number of nitrogens with one attached hydrogen (secondary N) is 2. The molecule has 0 aromatic carbocycles. The van der Waals surface area contributed by atoms with Crippen LogP contribution in [0.3, 0.4) is 0 Å². The molecule has 260 valence electrons. The number of ether oxygens (including phenoxy) is 1. The predicted octanol–water partition coefficient (Wildman–Crippen LogP) is 4.08. The lowest BCUT2D eigenvalue weighted by molar-refractivity contribution is -0.254. The number of amides is 2. The van der Waals surface area contributed by atoms with Crippen molar-refractivity contribution in [2.75, 3.05) is 23.4 Å². The normalized spacial score (nSPS) is 22.3. The van der Waals surface area contributed by atoms with E-state index >= 15 is 0 Å². The summed E-state index contributed by atoms with van der Waals surface area (Å²) in [7, 11) is 0. The highest BCUT2D eigenvalue weighted by Crippen LogP contribution is 2.28. The number of aliphatic hydroxyl groups is 4. The number of anilines is 1. The molecular weight excluding hydrogens is 598 g/mol. The van der Waals surface area contributed by atoms with Crippen molar-refractivity contribution in [2.24, 2.45) is 0 Å². The van der Waals surface area contributed by atoms with Gasteiger partial charge in [0.25, 0.3) is 0 Å². The van der Waals surface area contributed by atoms with Crippen LogP contribution in [0.5, 0.6) is 0 Å². The van der Waals surface area contributed by atoms with Crippen LogP contribution in [-0.4, -0.2) is 95.8 Å². The second-order valence-electron chi connectivity index (χ2n) is 12.2. The van der Waals surface area contributed by atoms with E-state index in [4.69, 9.17) is 4.74 Å². The first-order chi connectivity index (χ1) is 21.8. The van der Waals surface area contributed by atoms with E-state index in [-0.39, 0.29) is 11.7 Å². The van der Waals surface area contributed by atoms with Crippen LogP contribution in [0, 0.1) is 0 Å². The molecule has 0 bridgehead atoms. The third-order valence-electron chi connectivity index (χ3n) is 8.18. The van der Waals surface area contributed by atoms with Crippen molar-refractivity contribution in [1.82, 2.24) is 20.3 Å². The highest BCUT2D eigenvalue weighted by molar-refractivity contribution is 7.99. The van der Waals surface area contributed by atoms with Gasteiger partial charge in [0, 0.05) is 12.2 Å². The Morgan fingerprint density at radius 3 is 2.00 bits per heavy atom. The summed E-state index contributed by atoms with van der Waals surface area (Å²) in [5.74, 6) is 0.729. The van der Waals surface area contributed by atoms with E-state index in [1.54, 1.807) is 11.8 Å². The standard InChI is InChI=1S/C32H59N5O7S/c1-3-5-6-7-8-9-10-11-12-13-14-15-16-17-18-19-27(39)33-24(23-45-20-4-2)31(43)34-26-21-37(36-35-26)32-30(42)29(41)28(40)25(22-38)44-32/h21,24-25,28-30,32,38,40-42H,3-20,22-23H2,1-2H3,(H,33,39)(H,34,43)/t24-,25?,28?,29?,30?,32+/m1/s1. The van der Waals surface area contributed by atoms with Gasteiger partial charge in [-0.3, -0.25) is 9.59 Å². The Kier molecular flexibility index (Phi) is 20.6. The molecule has 6 N–H and O–H groups in total. The first-order valence-electron chi connectivity index (χ1n) is 17.2. The van der Waals surface area contributed by atoms with Crippen LogP contribution >= 0.6 is 11.8 Å². The fraction of sp³-hybridized carbons (Fsp3) is 0.875. The lowest BCUT2D eigenvalue weighted by Crippen LogP contribution is -2.56. The first-order valence-corrected chi connectivity index (χ1v) is 18.4. The molecule has 1 aliphatic heterocycles. The van der Waals surface area contributed by atoms with Crippen molar-refractivity contribution >= 4 is 29.4 Å². The topological polar surface area (TPSA) is 179 Å². The van der Waals surface area contributed by atoms with E-state index in [1.807, 2.05) is 0 Å². The molecule has 1 fully saturated rings. The summed E-state index contributed by atoms with van der Waals surface area (Å²) in [4.78, 5) is 25.8. The van der Waals surface area contributed by atoms with Gasteiger partial charge in [-0.25, -0.2) is 4.68 Å². The highest BCUT2D eigenvalue weighted by Gasteiger charge is 2.44. The minimum Gasteiger partial charge on any atom is -0.394 e. The number of nitrogens with zero attached hydrogens (tertiary/aromatic N) is 3. The average Bonchev–Trinajstić information content (AvgIpc) is 3.49. The molecule has 45 heavy (non-hydrogen) atoms. The van der Waals surface area contributed by atoms with Crippen LogP contribution in [0.15, 0.2) is 6.20 Å². The smallest absolute Gasteiger partial charge is 0.249 e. The van der Waals surface area contributed by atoms with Crippen LogP contribution in [0.1, 0.15) is 129 Å². The second-order valence-corrected chi connectivity index (χ2v) is 13.3. The molecule has 1 aromatic heterocycles. The molecule has 4 unspecified atom stereocenters. The van der Waals surface area contributed by atoms with E-state index in [0.717, 1.165) is 36.1 Å². The lowest BCUT2D eigenvalue weighted by Gasteiger charge is -2.39. The number of carbonyl (C=O) groups is 2. The average molecular weight is 658 g/mol. The minimum absolute atomic E-state index is 0.0686. The van der Waals surface area contributed by atoms with E-state index in [0.29, 0.717) is 12.2 Å². The Labute approximate surface area is 273 Å². The fourth-order valence-corrected chi connectivity index (χ4v) is 6.35. The zero-order valence-corrected chi connectivity index (χ0v) is 28.3. The lowest BCUT2D eigenvalue weighted by atomic mass is 9.98. The second kappa shape index (κ2) is 23.5. The number of aliphatic hydroxyl groups excluding tert-OH is 4. The summed E-state index contributed by atoms with van der Waals surface area (Å²) in [6.45, 7) is 3.73. The number of hydrogen-bond donors (Lipinski definition) is 6. The molecule has 0 aliphatic carbocycles. The van der Waals surface area contributed by atoms with Crippen LogP contribution in [0.25, 0.3) is 0 Å². The summed E-state index contributed by atoms with van der Waals surface area (Å²) >= 11 is 1.58. The van der Waals surface area contributed by atoms with Gasteiger partial charge in [0.05, 0.1) is 12.8 Å². The summed E-state index contributed by atoms with van der Waals surface area (Å²) in [5, 5.41) is 53.1. The number of thioether (sulfide) groups is 1. The van der Waals surface area contributed by atoms with Gasteiger partial charge in [-0.2, -0.15) is 11.8 Å². The molecular formula is C32H59N5O7S. The van der Waals surface area contributed by atoms with Crippen molar-refractivity contribution < 1.29 is 34.8 Å². The third-order valence-corrected chi connectivity index (χ3v) is 9.45. The Hall–Kier alpha value is -1.77. The molecule has 6 atom stereocenters. The number of aromatic nitrogens is 3.